The fourth-order valence-electron chi connectivity index (χ4n) is 5.40. The fraction of sp³-hybridized carbons (Fsp3) is 0.478. The average Bonchev–Trinajstić information content (AvgIpc) is 3.30. The number of benzene rings is 1. The van der Waals surface area contributed by atoms with Crippen molar-refractivity contribution in [2.45, 2.75) is 56.9 Å². The number of nitrogens with zero attached hydrogens (tertiary/aromatic N) is 6. The van der Waals surface area contributed by atoms with Gasteiger partial charge in [-0.15, -0.1) is 10.2 Å². The highest BCUT2D eigenvalue weighted by molar-refractivity contribution is 5.66. The molecule has 5 rings (SSSR count). The van der Waals surface area contributed by atoms with Crippen molar-refractivity contribution in [3.05, 3.63) is 43.1 Å². The summed E-state index contributed by atoms with van der Waals surface area (Å²) in [5.41, 5.74) is 1.19. The third-order valence-corrected chi connectivity index (χ3v) is 6.83. The van der Waals surface area contributed by atoms with Crippen molar-refractivity contribution in [1.82, 2.24) is 30.0 Å². The van der Waals surface area contributed by atoms with E-state index < -0.39 is 6.17 Å². The molecule has 2 fully saturated rings. The molecule has 0 radical (unpaired) electrons. The number of alkyl halides is 1. The summed E-state index contributed by atoms with van der Waals surface area (Å²) in [6, 6.07) is 4.80. The molecule has 0 spiro atoms. The summed E-state index contributed by atoms with van der Waals surface area (Å²) in [5, 5.41) is 22.5. The lowest BCUT2D eigenvalue weighted by molar-refractivity contribution is 0.0390. The number of nitrogens with one attached hydrogen (secondary N) is 1. The Hall–Kier alpha value is -3.07. The number of aromatic hydroxyl groups is 1. The number of aromatic nitrogens is 5. The molecule has 2 bridgehead atoms. The molecule has 2 aliphatic rings. The standard InChI is InChI=1S/C23H28FN7O/c1-14-8-17-21(24)18(11-23(2,10-14)27-17)30(3)20-12-26-22(29-28-20)16-5-4-15(9-19(16)32)31-7-6-25-13-31/h4-7,9,12-14,17-18,21,27,32H,8,10-11H2,1-3H3/t14-,17?,18-,21-,23-/m0/s1. The lowest BCUT2D eigenvalue weighted by Gasteiger charge is -2.53. The van der Waals surface area contributed by atoms with E-state index in [1.807, 2.05) is 18.0 Å². The van der Waals surface area contributed by atoms with Gasteiger partial charge in [0.15, 0.2) is 11.6 Å². The van der Waals surface area contributed by atoms with Crippen molar-refractivity contribution in [2.75, 3.05) is 11.9 Å². The second-order valence-corrected chi connectivity index (χ2v) is 9.49. The lowest BCUT2D eigenvalue weighted by Crippen LogP contribution is -2.67. The van der Waals surface area contributed by atoms with Crippen LogP contribution in [0.4, 0.5) is 10.2 Å². The quantitative estimate of drug-likeness (QED) is 0.648. The monoisotopic (exact) mass is 437 g/mol. The van der Waals surface area contributed by atoms with E-state index >= 15 is 4.39 Å². The highest BCUT2D eigenvalue weighted by atomic mass is 19.1. The predicted octanol–water partition coefficient (Wildman–Crippen LogP) is 3.12. The fourth-order valence-corrected chi connectivity index (χ4v) is 5.40. The van der Waals surface area contributed by atoms with Crippen LogP contribution in [0.25, 0.3) is 17.1 Å². The van der Waals surface area contributed by atoms with Crippen molar-refractivity contribution < 1.29 is 9.50 Å². The zero-order valence-corrected chi connectivity index (χ0v) is 18.5. The van der Waals surface area contributed by atoms with E-state index in [4.69, 9.17) is 0 Å². The first-order chi connectivity index (χ1) is 15.3. The van der Waals surface area contributed by atoms with Crippen molar-refractivity contribution in [3.63, 3.8) is 0 Å². The van der Waals surface area contributed by atoms with E-state index in [1.54, 1.807) is 41.6 Å². The number of imidazole rings is 1. The molecule has 32 heavy (non-hydrogen) atoms. The molecule has 0 amide bonds. The Morgan fingerprint density at radius 1 is 1.28 bits per heavy atom. The van der Waals surface area contributed by atoms with Crippen LogP contribution in [0.5, 0.6) is 5.75 Å². The number of phenols is 1. The minimum Gasteiger partial charge on any atom is -0.507 e. The molecule has 0 aliphatic carbocycles. The highest BCUT2D eigenvalue weighted by Gasteiger charge is 2.49. The van der Waals surface area contributed by atoms with Crippen molar-refractivity contribution >= 4 is 5.82 Å². The SMILES string of the molecule is C[C@H]1CC2N[C@@](C)(C1)C[C@H](N(C)c1cnc(-c3ccc(-n4ccnc4)cc3O)nn1)[C@H]2F. The molecule has 2 aromatic heterocycles. The molecule has 3 aromatic rings. The minimum atomic E-state index is -0.989. The Kier molecular flexibility index (Phi) is 5.08. The van der Waals surface area contributed by atoms with Gasteiger partial charge in [-0.2, -0.15) is 0 Å². The van der Waals surface area contributed by atoms with Crippen LogP contribution >= 0.6 is 0 Å². The predicted molar refractivity (Wildman–Crippen MR) is 119 cm³/mol. The topological polar surface area (TPSA) is 92.0 Å². The molecule has 4 heterocycles. The summed E-state index contributed by atoms with van der Waals surface area (Å²) in [4.78, 5) is 10.3. The van der Waals surface area contributed by atoms with Gasteiger partial charge in [0.2, 0.25) is 0 Å². The second kappa shape index (κ2) is 7.81. The van der Waals surface area contributed by atoms with Gasteiger partial charge in [0.25, 0.3) is 0 Å². The molecule has 0 saturated carbocycles. The van der Waals surface area contributed by atoms with Gasteiger partial charge in [-0.05, 0) is 44.2 Å². The van der Waals surface area contributed by atoms with Crippen LogP contribution < -0.4 is 10.2 Å². The van der Waals surface area contributed by atoms with E-state index in [0.717, 1.165) is 18.5 Å². The number of piperidine rings is 2. The van der Waals surface area contributed by atoms with Crippen LogP contribution in [0.15, 0.2) is 43.1 Å². The normalized spacial score (nSPS) is 29.6. The smallest absolute Gasteiger partial charge is 0.185 e. The van der Waals surface area contributed by atoms with Crippen molar-refractivity contribution in [1.29, 1.82) is 0 Å². The Morgan fingerprint density at radius 3 is 2.81 bits per heavy atom. The highest BCUT2D eigenvalue weighted by Crippen LogP contribution is 2.40. The number of rotatable bonds is 4. The number of hydrogen-bond acceptors (Lipinski definition) is 7. The zero-order valence-electron chi connectivity index (χ0n) is 18.5. The molecule has 168 valence electrons. The van der Waals surface area contributed by atoms with E-state index in [9.17, 15) is 5.11 Å². The number of fused-ring (bicyclic) bond motifs is 2. The maximum Gasteiger partial charge on any atom is 0.185 e. The van der Waals surface area contributed by atoms with Gasteiger partial charge in [-0.25, -0.2) is 14.4 Å². The van der Waals surface area contributed by atoms with Crippen molar-refractivity contribution in [2.24, 2.45) is 5.92 Å². The molecule has 9 heteroatoms. The molecule has 1 aromatic carbocycles. The van der Waals surface area contributed by atoms with Crippen LogP contribution in [-0.4, -0.2) is 60.7 Å². The summed E-state index contributed by atoms with van der Waals surface area (Å²) < 4.78 is 17.1. The van der Waals surface area contributed by atoms with Gasteiger partial charge < -0.3 is 19.9 Å². The van der Waals surface area contributed by atoms with E-state index in [1.165, 1.54) is 0 Å². The number of anilines is 1. The van der Waals surface area contributed by atoms with Crippen LogP contribution in [0.2, 0.25) is 0 Å². The van der Waals surface area contributed by atoms with Crippen molar-refractivity contribution in [3.8, 4) is 22.8 Å². The third-order valence-electron chi connectivity index (χ3n) is 6.83. The molecule has 2 aliphatic heterocycles. The third kappa shape index (κ3) is 3.70. The maximum atomic E-state index is 15.3. The summed E-state index contributed by atoms with van der Waals surface area (Å²) in [7, 11) is 1.85. The van der Waals surface area contributed by atoms with Gasteiger partial charge >= 0.3 is 0 Å². The van der Waals surface area contributed by atoms with Crippen LogP contribution in [-0.2, 0) is 0 Å². The first-order valence-electron chi connectivity index (χ1n) is 11.0. The summed E-state index contributed by atoms with van der Waals surface area (Å²) in [5.74, 6) is 1.41. The van der Waals surface area contributed by atoms with E-state index in [0.29, 0.717) is 29.5 Å². The average molecular weight is 438 g/mol. The Morgan fingerprint density at radius 2 is 2.12 bits per heavy atom. The molecule has 2 N–H and O–H groups in total. The molecule has 8 nitrogen and oxygen atoms in total. The van der Waals surface area contributed by atoms with E-state index in [-0.39, 0.29) is 23.4 Å². The molecule has 2 saturated heterocycles. The van der Waals surface area contributed by atoms with Gasteiger partial charge in [0.1, 0.15) is 11.9 Å². The van der Waals surface area contributed by atoms with Crippen LogP contribution in [0.1, 0.15) is 33.1 Å². The van der Waals surface area contributed by atoms with Gasteiger partial charge in [-0.3, -0.25) is 0 Å². The van der Waals surface area contributed by atoms with Crippen LogP contribution in [0.3, 0.4) is 0 Å². The molecular formula is C23H28FN7O. The Balaban J connectivity index is 1.36. The van der Waals surface area contributed by atoms with Gasteiger partial charge in [0.05, 0.1) is 29.8 Å². The Labute approximate surface area is 186 Å². The number of hydrogen-bond donors (Lipinski definition) is 2. The summed E-state index contributed by atoms with van der Waals surface area (Å²) in [6.45, 7) is 4.39. The summed E-state index contributed by atoms with van der Waals surface area (Å²) >= 11 is 0. The lowest BCUT2D eigenvalue weighted by atomic mass is 9.70. The number of halogens is 1. The first-order valence-corrected chi connectivity index (χ1v) is 11.0. The van der Waals surface area contributed by atoms with Gasteiger partial charge in [-0.1, -0.05) is 6.92 Å². The molecule has 1 unspecified atom stereocenters. The minimum absolute atomic E-state index is 0.0520. The van der Waals surface area contributed by atoms with Gasteiger partial charge in [0, 0.05) is 37.1 Å². The maximum absolute atomic E-state index is 15.3. The zero-order chi connectivity index (χ0) is 22.5. The van der Waals surface area contributed by atoms with E-state index in [2.05, 4.69) is 39.3 Å². The number of phenolic OH excluding ortho intramolecular Hbond substituents is 1. The summed E-state index contributed by atoms with van der Waals surface area (Å²) in [6.07, 6.45) is 8.32. The molecule has 5 atom stereocenters. The second-order valence-electron chi connectivity index (χ2n) is 9.49. The van der Waals surface area contributed by atoms with Crippen LogP contribution in [0, 0.1) is 5.92 Å². The first kappa shape index (κ1) is 20.8. The largest absolute Gasteiger partial charge is 0.507 e. The molecular weight excluding hydrogens is 409 g/mol. The Bertz CT molecular complexity index is 1090.